The first-order valence-corrected chi connectivity index (χ1v) is 6.82. The lowest BCUT2D eigenvalue weighted by Crippen LogP contribution is -2.31. The average Bonchev–Trinajstić information content (AvgIpc) is 2.49. The highest BCUT2D eigenvalue weighted by molar-refractivity contribution is 6.32. The van der Waals surface area contributed by atoms with Crippen LogP contribution >= 0.6 is 11.6 Å². The molecule has 2 rings (SSSR count). The lowest BCUT2D eigenvalue weighted by Gasteiger charge is -2.15. The van der Waals surface area contributed by atoms with Gasteiger partial charge in [-0.05, 0) is 31.2 Å². The third-order valence-corrected chi connectivity index (χ3v) is 3.41. The summed E-state index contributed by atoms with van der Waals surface area (Å²) in [5.74, 6) is -0.574. The van der Waals surface area contributed by atoms with Crippen LogP contribution in [0.25, 0.3) is 0 Å². The van der Waals surface area contributed by atoms with E-state index in [1.807, 2.05) is 0 Å². The number of anilines is 1. The number of carbonyl (C=O) groups excluding carboxylic acids is 1. The van der Waals surface area contributed by atoms with Crippen molar-refractivity contribution in [1.29, 1.82) is 0 Å². The molecule has 0 fully saturated rings. The van der Waals surface area contributed by atoms with Crippen LogP contribution in [0, 0.1) is 5.82 Å². The number of aromatic nitrogens is 1. The predicted molar refractivity (Wildman–Crippen MR) is 82.0 cm³/mol. The maximum Gasteiger partial charge on any atom is 0.251 e. The lowest BCUT2D eigenvalue weighted by molar-refractivity contribution is -0.118. The number of halogens is 2. The fraction of sp³-hybridized carbons (Fsp3) is 0.200. The van der Waals surface area contributed by atoms with E-state index in [2.05, 4.69) is 5.32 Å². The van der Waals surface area contributed by atoms with Crippen LogP contribution in [0.4, 0.5) is 10.1 Å². The van der Waals surface area contributed by atoms with E-state index in [1.165, 1.54) is 20.1 Å². The molecule has 1 aromatic heterocycles. The molecule has 1 unspecified atom stereocenters. The highest BCUT2D eigenvalue weighted by atomic mass is 35.5. The van der Waals surface area contributed by atoms with Crippen LogP contribution in [0.2, 0.25) is 5.02 Å². The monoisotopic (exact) mass is 324 g/mol. The Morgan fingerprint density at radius 2 is 2.09 bits per heavy atom. The van der Waals surface area contributed by atoms with Gasteiger partial charge in [0, 0.05) is 18.0 Å². The Bertz CT molecular complexity index is 761. The molecule has 1 aromatic carbocycles. The molecule has 0 aliphatic rings. The lowest BCUT2D eigenvalue weighted by atomic mass is 10.2. The number of hydrogen-bond acceptors (Lipinski definition) is 3. The van der Waals surface area contributed by atoms with Gasteiger partial charge >= 0.3 is 0 Å². The summed E-state index contributed by atoms with van der Waals surface area (Å²) >= 11 is 5.97. The van der Waals surface area contributed by atoms with Crippen molar-refractivity contribution in [3.8, 4) is 5.75 Å². The van der Waals surface area contributed by atoms with E-state index in [0.29, 0.717) is 16.5 Å². The normalized spacial score (nSPS) is 11.8. The van der Waals surface area contributed by atoms with Gasteiger partial charge in [0.15, 0.2) is 0 Å². The zero-order valence-corrected chi connectivity index (χ0v) is 12.7. The Morgan fingerprint density at radius 3 is 2.73 bits per heavy atom. The van der Waals surface area contributed by atoms with Gasteiger partial charge in [0.1, 0.15) is 17.6 Å². The third kappa shape index (κ3) is 3.46. The first-order chi connectivity index (χ1) is 10.4. The van der Waals surface area contributed by atoms with Crippen LogP contribution in [0.15, 0.2) is 41.3 Å². The molecule has 7 heteroatoms. The van der Waals surface area contributed by atoms with Crippen LogP contribution in [0.3, 0.4) is 0 Å². The van der Waals surface area contributed by atoms with Crippen LogP contribution < -0.4 is 15.6 Å². The van der Waals surface area contributed by atoms with Gasteiger partial charge < -0.3 is 14.6 Å². The maximum absolute atomic E-state index is 13.2. The molecule has 0 saturated carbocycles. The fourth-order valence-corrected chi connectivity index (χ4v) is 2.15. The zero-order valence-electron chi connectivity index (χ0n) is 12.0. The van der Waals surface area contributed by atoms with E-state index in [0.717, 1.165) is 22.9 Å². The summed E-state index contributed by atoms with van der Waals surface area (Å²) in [6, 6.07) is 6.00. The minimum Gasteiger partial charge on any atom is -0.495 e. The van der Waals surface area contributed by atoms with Crippen molar-refractivity contribution in [2.24, 2.45) is 0 Å². The van der Waals surface area contributed by atoms with Crippen molar-refractivity contribution >= 4 is 23.2 Å². The second-order valence-electron chi connectivity index (χ2n) is 4.61. The molecule has 0 aliphatic carbocycles. The van der Waals surface area contributed by atoms with Crippen LogP contribution in [-0.4, -0.2) is 17.6 Å². The number of nitrogens with zero attached hydrogens (tertiary/aromatic N) is 1. The third-order valence-electron chi connectivity index (χ3n) is 3.12. The number of methoxy groups -OCH3 is 1. The van der Waals surface area contributed by atoms with Gasteiger partial charge in [-0.25, -0.2) is 4.39 Å². The highest BCUT2D eigenvalue weighted by Crippen LogP contribution is 2.27. The Labute approximate surface area is 131 Å². The molecular weight excluding hydrogens is 311 g/mol. The molecule has 1 heterocycles. The Hall–Kier alpha value is -2.34. The molecular formula is C15H14ClFN2O3. The van der Waals surface area contributed by atoms with Crippen molar-refractivity contribution in [2.75, 3.05) is 12.4 Å². The molecule has 2 aromatic rings. The van der Waals surface area contributed by atoms with Gasteiger partial charge in [0.25, 0.3) is 5.56 Å². The standard InChI is InChI=1S/C15H14ClFN2O3/c1-9(19-8-10(17)3-6-14(19)20)15(21)18-11-4-5-13(22-2)12(16)7-11/h3-9H,1-2H3,(H,18,21). The summed E-state index contributed by atoms with van der Waals surface area (Å²) in [6.07, 6.45) is 0.994. The summed E-state index contributed by atoms with van der Waals surface area (Å²) < 4.78 is 19.3. The first kappa shape index (κ1) is 16.0. The summed E-state index contributed by atoms with van der Waals surface area (Å²) in [6.45, 7) is 1.50. The van der Waals surface area contributed by atoms with Crippen molar-refractivity contribution in [2.45, 2.75) is 13.0 Å². The van der Waals surface area contributed by atoms with Crippen molar-refractivity contribution in [3.05, 3.63) is 57.7 Å². The Balaban J connectivity index is 2.19. The minimum atomic E-state index is -0.871. The summed E-state index contributed by atoms with van der Waals surface area (Å²) in [5.41, 5.74) is -0.0103. The summed E-state index contributed by atoms with van der Waals surface area (Å²) in [5, 5.41) is 2.96. The number of nitrogens with one attached hydrogen (secondary N) is 1. The van der Waals surface area contributed by atoms with Crippen LogP contribution in [-0.2, 0) is 4.79 Å². The topological polar surface area (TPSA) is 60.3 Å². The Morgan fingerprint density at radius 1 is 1.36 bits per heavy atom. The van der Waals surface area contributed by atoms with Crippen molar-refractivity contribution < 1.29 is 13.9 Å². The van der Waals surface area contributed by atoms with Gasteiger partial charge in [-0.1, -0.05) is 11.6 Å². The summed E-state index contributed by atoms with van der Waals surface area (Å²) in [7, 11) is 1.48. The van der Waals surface area contributed by atoms with E-state index < -0.39 is 23.3 Å². The molecule has 0 saturated heterocycles. The minimum absolute atomic E-state index is 0.343. The van der Waals surface area contributed by atoms with Gasteiger partial charge in [0.05, 0.1) is 12.1 Å². The molecule has 1 atom stereocenters. The Kier molecular flexibility index (Phi) is 4.82. The highest BCUT2D eigenvalue weighted by Gasteiger charge is 2.17. The second-order valence-corrected chi connectivity index (χ2v) is 5.01. The van der Waals surface area contributed by atoms with Gasteiger partial charge in [-0.2, -0.15) is 0 Å². The number of pyridine rings is 1. The summed E-state index contributed by atoms with van der Waals surface area (Å²) in [4.78, 5) is 23.9. The van der Waals surface area contributed by atoms with E-state index in [9.17, 15) is 14.0 Å². The molecule has 5 nitrogen and oxygen atoms in total. The largest absolute Gasteiger partial charge is 0.495 e. The van der Waals surface area contributed by atoms with E-state index in [1.54, 1.807) is 12.1 Å². The van der Waals surface area contributed by atoms with Gasteiger partial charge in [-0.3, -0.25) is 9.59 Å². The van der Waals surface area contributed by atoms with E-state index >= 15 is 0 Å². The SMILES string of the molecule is COc1ccc(NC(=O)C(C)n2cc(F)ccc2=O)cc1Cl. The molecule has 0 radical (unpaired) electrons. The van der Waals surface area contributed by atoms with Crippen molar-refractivity contribution in [3.63, 3.8) is 0 Å². The van der Waals surface area contributed by atoms with Crippen molar-refractivity contribution in [1.82, 2.24) is 4.57 Å². The molecule has 1 amide bonds. The molecule has 0 bridgehead atoms. The first-order valence-electron chi connectivity index (χ1n) is 6.44. The van der Waals surface area contributed by atoms with Gasteiger partial charge in [0.2, 0.25) is 5.91 Å². The predicted octanol–water partition coefficient (Wildman–Crippen LogP) is 2.85. The maximum atomic E-state index is 13.2. The number of amides is 1. The van der Waals surface area contributed by atoms with Crippen LogP contribution in [0.5, 0.6) is 5.75 Å². The van der Waals surface area contributed by atoms with Gasteiger partial charge in [-0.15, -0.1) is 0 Å². The smallest absolute Gasteiger partial charge is 0.251 e. The molecule has 1 N–H and O–H groups in total. The second kappa shape index (κ2) is 6.62. The number of hydrogen-bond donors (Lipinski definition) is 1. The van der Waals surface area contributed by atoms with E-state index in [4.69, 9.17) is 16.3 Å². The van der Waals surface area contributed by atoms with Crippen LogP contribution in [0.1, 0.15) is 13.0 Å². The molecule has 116 valence electrons. The molecule has 22 heavy (non-hydrogen) atoms. The quantitative estimate of drug-likeness (QED) is 0.940. The molecule has 0 aliphatic heterocycles. The zero-order chi connectivity index (χ0) is 16.3. The van der Waals surface area contributed by atoms with E-state index in [-0.39, 0.29) is 0 Å². The molecule has 0 spiro atoms. The number of rotatable bonds is 4. The fourth-order valence-electron chi connectivity index (χ4n) is 1.90. The number of ether oxygens (including phenoxy) is 1. The number of carbonyl (C=O) groups is 1. The number of benzene rings is 1. The average molecular weight is 325 g/mol.